The topological polar surface area (TPSA) is 25.5 Å². The molecule has 0 aliphatic carbocycles. The lowest BCUT2D eigenvalue weighted by Crippen LogP contribution is -2.02. The molecule has 0 aliphatic rings. The Morgan fingerprint density at radius 3 is 2.57 bits per heavy atom. The molecule has 0 radical (unpaired) electrons. The first kappa shape index (κ1) is 14.8. The number of aliphatic imine (C=N–C) groups is 1. The van der Waals surface area contributed by atoms with Crippen LogP contribution >= 0.6 is 0 Å². The molecule has 1 heterocycles. The van der Waals surface area contributed by atoms with Gasteiger partial charge in [-0.15, -0.1) is 0 Å². The lowest BCUT2D eigenvalue weighted by atomic mass is 9.99. The van der Waals surface area contributed by atoms with Gasteiger partial charge in [0.05, 0.1) is 18.0 Å². The second-order valence-electron chi connectivity index (χ2n) is 4.67. The molecule has 0 fully saturated rings. The smallest absolute Gasteiger partial charge is 0.147 e. The van der Waals surface area contributed by atoms with Crippen LogP contribution in [0.4, 0.5) is 0 Å². The fourth-order valence-corrected chi connectivity index (χ4v) is 2.03. The van der Waals surface area contributed by atoms with E-state index in [0.29, 0.717) is 0 Å². The Hall–Kier alpha value is -2.61. The Labute approximate surface area is 125 Å². The van der Waals surface area contributed by atoms with Gasteiger partial charge in [-0.3, -0.25) is 4.99 Å². The molecule has 0 N–H and O–H groups in total. The molecule has 106 valence electrons. The van der Waals surface area contributed by atoms with E-state index >= 15 is 0 Å². The highest BCUT2D eigenvalue weighted by atomic mass is 16.3. The van der Waals surface area contributed by atoms with E-state index in [-0.39, 0.29) is 6.04 Å². The van der Waals surface area contributed by atoms with E-state index in [2.05, 4.69) is 25.3 Å². The van der Waals surface area contributed by atoms with Crippen LogP contribution < -0.4 is 0 Å². The third kappa shape index (κ3) is 3.93. The lowest BCUT2D eigenvalue weighted by Gasteiger charge is -2.14. The molecule has 0 bridgehead atoms. The van der Waals surface area contributed by atoms with Gasteiger partial charge in [0.15, 0.2) is 0 Å². The fourth-order valence-electron chi connectivity index (χ4n) is 2.03. The number of hydrogen-bond acceptors (Lipinski definition) is 2. The largest absolute Gasteiger partial charge is 0.463 e. The Morgan fingerprint density at radius 1 is 1.19 bits per heavy atom. The average Bonchev–Trinajstić information content (AvgIpc) is 3.05. The average molecular weight is 277 g/mol. The Kier molecular flexibility index (Phi) is 5.10. The first-order chi connectivity index (χ1) is 10.2. The molecule has 0 spiro atoms. The van der Waals surface area contributed by atoms with Crippen LogP contribution in [-0.2, 0) is 0 Å². The zero-order valence-corrected chi connectivity index (χ0v) is 12.2. The van der Waals surface area contributed by atoms with Gasteiger partial charge in [0.1, 0.15) is 5.76 Å². The van der Waals surface area contributed by atoms with Crippen molar-refractivity contribution < 1.29 is 4.42 Å². The molecule has 2 rings (SSSR count). The van der Waals surface area contributed by atoms with Crippen molar-refractivity contribution in [1.82, 2.24) is 0 Å². The third-order valence-electron chi connectivity index (χ3n) is 3.11. The maximum atomic E-state index is 5.40. The number of furan rings is 1. The van der Waals surface area contributed by atoms with Gasteiger partial charge < -0.3 is 4.42 Å². The molecule has 1 atom stereocenters. The second kappa shape index (κ2) is 7.25. The molecule has 0 saturated carbocycles. The second-order valence-corrected chi connectivity index (χ2v) is 4.67. The quantitative estimate of drug-likeness (QED) is 0.531. The van der Waals surface area contributed by atoms with E-state index < -0.39 is 0 Å². The van der Waals surface area contributed by atoms with E-state index in [4.69, 9.17) is 9.41 Å². The van der Waals surface area contributed by atoms with Crippen LogP contribution in [-0.4, -0.2) is 5.71 Å². The summed E-state index contributed by atoms with van der Waals surface area (Å²) in [5, 5.41) is 0. The highest BCUT2D eigenvalue weighted by molar-refractivity contribution is 5.96. The number of hydrogen-bond donors (Lipinski definition) is 0. The van der Waals surface area contributed by atoms with Gasteiger partial charge in [0, 0.05) is 0 Å². The number of allylic oxidation sites excluding steroid dienone is 2. The summed E-state index contributed by atoms with van der Waals surface area (Å²) in [6.45, 7) is 9.76. The molecule has 0 aliphatic heterocycles. The number of benzene rings is 1. The minimum absolute atomic E-state index is 0.132. The third-order valence-corrected chi connectivity index (χ3v) is 3.11. The first-order valence-corrected chi connectivity index (χ1v) is 6.83. The molecule has 0 saturated heterocycles. The van der Waals surface area contributed by atoms with Crippen molar-refractivity contribution in [3.05, 3.63) is 97.0 Å². The molecule has 2 nitrogen and oxygen atoms in total. The van der Waals surface area contributed by atoms with Crippen LogP contribution in [0.2, 0.25) is 0 Å². The molecule has 2 aromatic rings. The highest BCUT2D eigenvalue weighted by Gasteiger charge is 2.13. The zero-order chi connectivity index (χ0) is 15.1. The van der Waals surface area contributed by atoms with Gasteiger partial charge in [0.25, 0.3) is 0 Å². The van der Waals surface area contributed by atoms with Gasteiger partial charge >= 0.3 is 0 Å². The van der Waals surface area contributed by atoms with E-state index in [1.165, 1.54) is 0 Å². The maximum Gasteiger partial charge on any atom is 0.147 e. The fraction of sp³-hybridized carbons (Fsp3) is 0.105. The molecule has 1 aromatic heterocycles. The van der Waals surface area contributed by atoms with Gasteiger partial charge in [-0.25, -0.2) is 0 Å². The summed E-state index contributed by atoms with van der Waals surface area (Å²) >= 11 is 0. The van der Waals surface area contributed by atoms with Crippen LogP contribution in [0.3, 0.4) is 0 Å². The summed E-state index contributed by atoms with van der Waals surface area (Å²) in [6.07, 6.45) is 7.19. The molecule has 1 aromatic carbocycles. The predicted octanol–water partition coefficient (Wildman–Crippen LogP) is 5.13. The van der Waals surface area contributed by atoms with Crippen molar-refractivity contribution in [3.8, 4) is 0 Å². The minimum atomic E-state index is -0.132. The summed E-state index contributed by atoms with van der Waals surface area (Å²) in [5.41, 5.74) is 2.86. The van der Waals surface area contributed by atoms with Gasteiger partial charge in [0.2, 0.25) is 0 Å². The van der Waals surface area contributed by atoms with Gasteiger partial charge in [-0.2, -0.15) is 0 Å². The summed E-state index contributed by atoms with van der Waals surface area (Å²) in [6, 6.07) is 13.7. The molecule has 21 heavy (non-hydrogen) atoms. The number of rotatable bonds is 6. The van der Waals surface area contributed by atoms with Crippen molar-refractivity contribution in [2.75, 3.05) is 0 Å². The van der Waals surface area contributed by atoms with Crippen LogP contribution in [0.15, 0.2) is 95.1 Å². The molecule has 0 amide bonds. The Bertz CT molecular complexity index is 648. The van der Waals surface area contributed by atoms with E-state index in [1.807, 2.05) is 49.4 Å². The van der Waals surface area contributed by atoms with E-state index in [9.17, 15) is 0 Å². The molecular formula is C19H19NO. The zero-order valence-electron chi connectivity index (χ0n) is 12.2. The normalized spacial score (nSPS) is 13.3. The van der Waals surface area contributed by atoms with Gasteiger partial charge in [-0.05, 0) is 30.2 Å². The lowest BCUT2D eigenvalue weighted by molar-refractivity contribution is 0.556. The summed E-state index contributed by atoms with van der Waals surface area (Å²) in [5.74, 6) is 0.774. The molecule has 1 unspecified atom stereocenters. The van der Waals surface area contributed by atoms with Crippen LogP contribution in [0, 0.1) is 0 Å². The Balaban J connectivity index is 2.37. The van der Waals surface area contributed by atoms with Crippen LogP contribution in [0.25, 0.3) is 0 Å². The minimum Gasteiger partial charge on any atom is -0.463 e. The standard InChI is InChI=1S/C19H19NO/c1-4-5-10-15(2)19(17-11-7-6-8-12-17)20-16(3)18-13-9-14-21-18/h4-14,19H,1-2H2,3H3/b10-5-,20-16?. The highest BCUT2D eigenvalue weighted by Crippen LogP contribution is 2.26. The number of nitrogens with zero attached hydrogens (tertiary/aromatic N) is 1. The summed E-state index contributed by atoms with van der Waals surface area (Å²) in [4.78, 5) is 4.78. The van der Waals surface area contributed by atoms with Crippen LogP contribution in [0.1, 0.15) is 24.3 Å². The van der Waals surface area contributed by atoms with Crippen molar-refractivity contribution in [3.63, 3.8) is 0 Å². The molecule has 2 heteroatoms. The van der Waals surface area contributed by atoms with Crippen molar-refractivity contribution in [2.45, 2.75) is 13.0 Å². The van der Waals surface area contributed by atoms with E-state index in [1.54, 1.807) is 12.3 Å². The van der Waals surface area contributed by atoms with Gasteiger partial charge in [-0.1, -0.05) is 61.7 Å². The maximum absolute atomic E-state index is 5.40. The molecular weight excluding hydrogens is 258 g/mol. The SMILES string of the molecule is C=C/C=C\C(=C)C(N=C(C)c1ccco1)c1ccccc1. The van der Waals surface area contributed by atoms with Crippen LogP contribution in [0.5, 0.6) is 0 Å². The van der Waals surface area contributed by atoms with Crippen molar-refractivity contribution in [2.24, 2.45) is 4.99 Å². The van der Waals surface area contributed by atoms with Crippen molar-refractivity contribution in [1.29, 1.82) is 0 Å². The Morgan fingerprint density at radius 2 is 1.95 bits per heavy atom. The summed E-state index contributed by atoms with van der Waals surface area (Å²) in [7, 11) is 0. The summed E-state index contributed by atoms with van der Waals surface area (Å²) < 4.78 is 5.40. The first-order valence-electron chi connectivity index (χ1n) is 6.83. The monoisotopic (exact) mass is 277 g/mol. The van der Waals surface area contributed by atoms with Crippen molar-refractivity contribution >= 4 is 5.71 Å². The van der Waals surface area contributed by atoms with E-state index in [0.717, 1.165) is 22.6 Å². The predicted molar refractivity (Wildman–Crippen MR) is 88.6 cm³/mol.